The third-order valence-corrected chi connectivity index (χ3v) is 4.18. The van der Waals surface area contributed by atoms with Crippen molar-refractivity contribution in [2.45, 2.75) is 20.3 Å². The van der Waals surface area contributed by atoms with Gasteiger partial charge in [0.15, 0.2) is 0 Å². The molecular weight excluding hydrogens is 350 g/mol. The predicted molar refractivity (Wildman–Crippen MR) is 103 cm³/mol. The van der Waals surface area contributed by atoms with Crippen molar-refractivity contribution < 1.29 is 9.53 Å². The number of pyridine rings is 1. The number of amides is 1. The molecule has 0 radical (unpaired) electrons. The second-order valence-electron chi connectivity index (χ2n) is 6.05. The van der Waals surface area contributed by atoms with Crippen LogP contribution < -0.4 is 4.74 Å². The Balaban J connectivity index is 2.66. The molecule has 0 unspecified atom stereocenters. The van der Waals surface area contributed by atoms with Crippen molar-refractivity contribution in [2.75, 3.05) is 26.6 Å². The highest BCUT2D eigenvalue weighted by atomic mass is 35.5. The second kappa shape index (κ2) is 8.68. The molecule has 2 rings (SSSR count). The zero-order valence-corrected chi connectivity index (χ0v) is 16.2. The number of halogens is 1. The zero-order chi connectivity index (χ0) is 19.3. The van der Waals surface area contributed by atoms with Crippen molar-refractivity contribution in [3.05, 3.63) is 46.8 Å². The summed E-state index contributed by atoms with van der Waals surface area (Å²) in [4.78, 5) is 17.8. The number of carbonyl (C=O) groups excluding carboxylic acids is 1. The van der Waals surface area contributed by atoms with Crippen molar-refractivity contribution in [3.8, 4) is 22.9 Å². The summed E-state index contributed by atoms with van der Waals surface area (Å²) < 4.78 is 5.88. The van der Waals surface area contributed by atoms with Crippen LogP contribution in [0, 0.1) is 18.3 Å². The van der Waals surface area contributed by atoms with Crippen LogP contribution in [0.25, 0.3) is 11.1 Å². The second-order valence-corrected chi connectivity index (χ2v) is 6.43. The number of hydrogen-bond donors (Lipinski definition) is 0. The molecule has 26 heavy (non-hydrogen) atoms. The van der Waals surface area contributed by atoms with Gasteiger partial charge in [-0.1, -0.05) is 12.1 Å². The van der Waals surface area contributed by atoms with E-state index in [-0.39, 0.29) is 5.91 Å². The van der Waals surface area contributed by atoms with E-state index < -0.39 is 0 Å². The molecule has 0 aliphatic carbocycles. The van der Waals surface area contributed by atoms with Crippen LogP contribution in [0.15, 0.2) is 24.4 Å². The molecule has 0 aliphatic rings. The van der Waals surface area contributed by atoms with Crippen LogP contribution in [0.3, 0.4) is 0 Å². The van der Waals surface area contributed by atoms with E-state index in [1.165, 1.54) is 4.90 Å². The van der Waals surface area contributed by atoms with E-state index in [9.17, 15) is 10.1 Å². The third-order valence-electron chi connectivity index (χ3n) is 4.00. The minimum Gasteiger partial charge on any atom is -0.493 e. The number of nitrogens with zero attached hydrogens (tertiary/aromatic N) is 3. The van der Waals surface area contributed by atoms with Gasteiger partial charge >= 0.3 is 0 Å². The lowest BCUT2D eigenvalue weighted by molar-refractivity contribution is 0.0822. The Morgan fingerprint density at radius 3 is 2.62 bits per heavy atom. The summed E-state index contributed by atoms with van der Waals surface area (Å²) in [6.45, 7) is 4.27. The summed E-state index contributed by atoms with van der Waals surface area (Å²) in [6.07, 6.45) is 2.25. The molecule has 0 spiro atoms. The van der Waals surface area contributed by atoms with E-state index in [4.69, 9.17) is 16.3 Å². The largest absolute Gasteiger partial charge is 0.493 e. The van der Waals surface area contributed by atoms with Gasteiger partial charge in [-0.05, 0) is 37.5 Å². The van der Waals surface area contributed by atoms with Crippen molar-refractivity contribution in [2.24, 2.45) is 0 Å². The Hall–Kier alpha value is -2.58. The van der Waals surface area contributed by atoms with E-state index in [0.717, 1.165) is 16.7 Å². The van der Waals surface area contributed by atoms with Crippen LogP contribution in [0.5, 0.6) is 5.75 Å². The summed E-state index contributed by atoms with van der Waals surface area (Å²) in [5, 5.41) is 9.68. The van der Waals surface area contributed by atoms with Gasteiger partial charge in [-0.15, -0.1) is 11.6 Å². The lowest BCUT2D eigenvalue weighted by Gasteiger charge is -2.18. The fraction of sp³-hybridized carbons (Fsp3) is 0.350. The number of rotatable bonds is 6. The predicted octanol–water partition coefficient (Wildman–Crippen LogP) is 3.81. The maximum absolute atomic E-state index is 12.0. The summed E-state index contributed by atoms with van der Waals surface area (Å²) in [5.74, 6) is 0.942. The smallest absolute Gasteiger partial charge is 0.271 e. The van der Waals surface area contributed by atoms with Crippen LogP contribution in [-0.2, 0) is 6.42 Å². The van der Waals surface area contributed by atoms with Gasteiger partial charge in [-0.25, -0.2) is 0 Å². The fourth-order valence-electron chi connectivity index (χ4n) is 2.78. The van der Waals surface area contributed by atoms with Gasteiger partial charge < -0.3 is 9.64 Å². The molecule has 0 atom stereocenters. The van der Waals surface area contributed by atoms with Crippen molar-refractivity contribution in [3.63, 3.8) is 0 Å². The quantitative estimate of drug-likeness (QED) is 0.724. The summed E-state index contributed by atoms with van der Waals surface area (Å²) in [7, 11) is 3.36. The van der Waals surface area contributed by atoms with E-state index in [1.807, 2.05) is 19.9 Å². The van der Waals surface area contributed by atoms with Crippen LogP contribution in [0.1, 0.15) is 34.1 Å². The zero-order valence-electron chi connectivity index (χ0n) is 15.5. The number of carbonyl (C=O) groups is 1. The van der Waals surface area contributed by atoms with Crippen LogP contribution in [0.4, 0.5) is 0 Å². The van der Waals surface area contributed by atoms with Crippen molar-refractivity contribution in [1.82, 2.24) is 9.88 Å². The number of ether oxygens (including phenoxy) is 1. The molecule has 5 nitrogen and oxygen atoms in total. The molecule has 2 aromatic rings. The standard InChI is InChI=1S/C20H22ClN3O2/c1-5-26-19-14(8-9-21)10-13(2)16(11-22)18(19)15-6-7-17(23-12-15)20(25)24(3)4/h6-7,10,12H,5,8-9H2,1-4H3. The third kappa shape index (κ3) is 3.97. The molecule has 1 aromatic heterocycles. The molecule has 1 aromatic carbocycles. The molecule has 1 heterocycles. The Kier molecular flexibility index (Phi) is 6.59. The average molecular weight is 372 g/mol. The molecule has 0 bridgehead atoms. The molecule has 0 fully saturated rings. The van der Waals surface area contributed by atoms with Gasteiger partial charge in [-0.3, -0.25) is 9.78 Å². The van der Waals surface area contributed by atoms with Gasteiger partial charge in [0.2, 0.25) is 0 Å². The van der Waals surface area contributed by atoms with Gasteiger partial charge in [-0.2, -0.15) is 5.26 Å². The topological polar surface area (TPSA) is 66.2 Å². The summed E-state index contributed by atoms with van der Waals surface area (Å²) >= 11 is 5.94. The number of nitriles is 1. The molecule has 0 saturated carbocycles. The average Bonchev–Trinajstić information content (AvgIpc) is 2.63. The number of alkyl halides is 1. The maximum atomic E-state index is 12.0. The molecule has 0 aliphatic heterocycles. The van der Waals surface area contributed by atoms with E-state index in [2.05, 4.69) is 11.1 Å². The highest BCUT2D eigenvalue weighted by Gasteiger charge is 2.20. The van der Waals surface area contributed by atoms with E-state index >= 15 is 0 Å². The molecule has 0 saturated heterocycles. The lowest BCUT2D eigenvalue weighted by atomic mass is 9.92. The van der Waals surface area contributed by atoms with Crippen LogP contribution >= 0.6 is 11.6 Å². The SMILES string of the molecule is CCOc1c(CCCl)cc(C)c(C#N)c1-c1ccc(C(=O)N(C)C)nc1. The molecule has 6 heteroatoms. The van der Waals surface area contributed by atoms with Crippen LogP contribution in [0.2, 0.25) is 0 Å². The summed E-state index contributed by atoms with van der Waals surface area (Å²) in [5.41, 5.74) is 4.15. The Morgan fingerprint density at radius 1 is 1.38 bits per heavy atom. The maximum Gasteiger partial charge on any atom is 0.271 e. The van der Waals surface area contributed by atoms with E-state index in [0.29, 0.717) is 41.5 Å². The Bertz CT molecular complexity index is 840. The first kappa shape index (κ1) is 19.7. The molecule has 0 N–H and O–H groups in total. The van der Waals surface area contributed by atoms with E-state index in [1.54, 1.807) is 32.4 Å². The van der Waals surface area contributed by atoms with Crippen LogP contribution in [-0.4, -0.2) is 42.4 Å². The van der Waals surface area contributed by atoms with Gasteiger partial charge in [0, 0.05) is 37.3 Å². The molecular formula is C20H22ClN3O2. The number of hydrogen-bond acceptors (Lipinski definition) is 4. The lowest BCUT2D eigenvalue weighted by Crippen LogP contribution is -2.22. The normalized spacial score (nSPS) is 10.3. The highest BCUT2D eigenvalue weighted by Crippen LogP contribution is 2.38. The first-order valence-electron chi connectivity index (χ1n) is 8.38. The minimum absolute atomic E-state index is 0.172. The van der Waals surface area contributed by atoms with Gasteiger partial charge in [0.25, 0.3) is 5.91 Å². The van der Waals surface area contributed by atoms with Crippen molar-refractivity contribution in [1.29, 1.82) is 5.26 Å². The first-order valence-corrected chi connectivity index (χ1v) is 8.91. The minimum atomic E-state index is -0.172. The number of aryl methyl sites for hydroxylation is 2. The first-order chi connectivity index (χ1) is 12.4. The van der Waals surface area contributed by atoms with Gasteiger partial charge in [0.05, 0.1) is 12.2 Å². The molecule has 136 valence electrons. The Labute approximate surface area is 159 Å². The van der Waals surface area contributed by atoms with Crippen molar-refractivity contribution >= 4 is 17.5 Å². The number of benzene rings is 1. The molecule has 1 amide bonds. The number of aromatic nitrogens is 1. The highest BCUT2D eigenvalue weighted by molar-refractivity contribution is 6.18. The van der Waals surface area contributed by atoms with Gasteiger partial charge in [0.1, 0.15) is 17.5 Å². The fourth-order valence-corrected chi connectivity index (χ4v) is 2.99. The Morgan fingerprint density at radius 2 is 2.12 bits per heavy atom. The summed E-state index contributed by atoms with van der Waals surface area (Å²) in [6, 6.07) is 7.68. The monoisotopic (exact) mass is 371 g/mol.